The monoisotopic (exact) mass is 570 g/mol. The minimum Gasteiger partial charge on any atom is -0.303 e. The fourth-order valence-corrected chi connectivity index (χ4v) is 6.23. The summed E-state index contributed by atoms with van der Waals surface area (Å²) in [6.45, 7) is 13.2. The van der Waals surface area contributed by atoms with E-state index in [4.69, 9.17) is 0 Å². The minimum absolute atomic E-state index is 0.884. The van der Waals surface area contributed by atoms with E-state index in [1.54, 1.807) is 0 Å². The number of benzene rings is 1. The van der Waals surface area contributed by atoms with Crippen LogP contribution >= 0.6 is 0 Å². The molecule has 0 spiro atoms. The highest BCUT2D eigenvalue weighted by molar-refractivity contribution is 5.14. The molecule has 1 aromatic rings. The molecule has 0 aliphatic heterocycles. The van der Waals surface area contributed by atoms with Gasteiger partial charge < -0.3 is 4.90 Å². The Balaban J connectivity index is 2.05. The molecule has 1 heteroatoms. The largest absolute Gasteiger partial charge is 0.303 e. The second-order valence-electron chi connectivity index (χ2n) is 14.2. The zero-order valence-electron chi connectivity index (χ0n) is 28.8. The Hall–Kier alpha value is -0.820. The molecule has 240 valence electrons. The SMILES string of the molecule is CC(C)CCCCCCCCCCCCCN(CCCCCCCCCCCCCC(C)C)CCc1ccccc1. The lowest BCUT2D eigenvalue weighted by molar-refractivity contribution is 0.263. The molecule has 0 saturated heterocycles. The molecule has 0 N–H and O–H groups in total. The van der Waals surface area contributed by atoms with Crippen molar-refractivity contribution in [3.8, 4) is 0 Å². The van der Waals surface area contributed by atoms with E-state index in [2.05, 4.69) is 62.9 Å². The Kier molecular flexibility index (Phi) is 27.3. The zero-order chi connectivity index (χ0) is 29.6. The first-order valence-corrected chi connectivity index (χ1v) is 18.8. The summed E-state index contributed by atoms with van der Waals surface area (Å²) in [5.74, 6) is 1.77. The molecular formula is C40H75N. The van der Waals surface area contributed by atoms with Crippen LogP contribution in [-0.2, 0) is 6.42 Å². The van der Waals surface area contributed by atoms with Crippen LogP contribution in [-0.4, -0.2) is 24.5 Å². The molecule has 0 bridgehead atoms. The normalized spacial score (nSPS) is 11.9. The Bertz CT molecular complexity index is 587. The molecule has 0 aromatic heterocycles. The Morgan fingerprint density at radius 1 is 0.390 bits per heavy atom. The average Bonchev–Trinajstić information content (AvgIpc) is 2.96. The van der Waals surface area contributed by atoms with Crippen LogP contribution in [0.4, 0.5) is 0 Å². The van der Waals surface area contributed by atoms with Gasteiger partial charge in [0.15, 0.2) is 0 Å². The summed E-state index contributed by atoms with van der Waals surface area (Å²) in [5, 5.41) is 0. The predicted octanol–water partition coefficient (Wildman–Crippen LogP) is 13.2. The Morgan fingerprint density at radius 3 is 1.05 bits per heavy atom. The van der Waals surface area contributed by atoms with Crippen molar-refractivity contribution in [2.24, 2.45) is 11.8 Å². The van der Waals surface area contributed by atoms with Crippen LogP contribution in [0.25, 0.3) is 0 Å². The lowest BCUT2D eigenvalue weighted by Crippen LogP contribution is -2.28. The molecule has 0 atom stereocenters. The Morgan fingerprint density at radius 2 is 0.707 bits per heavy atom. The van der Waals surface area contributed by atoms with Crippen LogP contribution < -0.4 is 0 Å². The van der Waals surface area contributed by atoms with E-state index < -0.39 is 0 Å². The van der Waals surface area contributed by atoms with Crippen LogP contribution in [0.1, 0.15) is 187 Å². The summed E-state index contributed by atoms with van der Waals surface area (Å²) in [5.41, 5.74) is 1.50. The average molecular weight is 570 g/mol. The highest BCUT2D eigenvalue weighted by Crippen LogP contribution is 2.16. The molecule has 0 aliphatic rings. The summed E-state index contributed by atoms with van der Waals surface area (Å²) in [4.78, 5) is 2.78. The lowest BCUT2D eigenvalue weighted by Gasteiger charge is -2.22. The van der Waals surface area contributed by atoms with Crippen LogP contribution in [0, 0.1) is 11.8 Å². The zero-order valence-corrected chi connectivity index (χ0v) is 28.8. The third-order valence-corrected chi connectivity index (χ3v) is 9.07. The first-order valence-electron chi connectivity index (χ1n) is 18.8. The van der Waals surface area contributed by atoms with Crippen molar-refractivity contribution in [1.29, 1.82) is 0 Å². The second kappa shape index (κ2) is 29.3. The summed E-state index contributed by atoms with van der Waals surface area (Å²) in [6.07, 6.45) is 35.9. The van der Waals surface area contributed by atoms with Crippen molar-refractivity contribution < 1.29 is 0 Å². The molecule has 0 heterocycles. The van der Waals surface area contributed by atoms with Gasteiger partial charge in [-0.1, -0.05) is 199 Å². The van der Waals surface area contributed by atoms with Crippen LogP contribution in [0.2, 0.25) is 0 Å². The van der Waals surface area contributed by atoms with E-state index in [1.807, 2.05) is 0 Å². The van der Waals surface area contributed by atoms with E-state index in [9.17, 15) is 0 Å². The van der Waals surface area contributed by atoms with Gasteiger partial charge in [-0.05, 0) is 49.8 Å². The van der Waals surface area contributed by atoms with Crippen molar-refractivity contribution in [2.75, 3.05) is 19.6 Å². The summed E-state index contributed by atoms with van der Waals surface area (Å²) in [7, 11) is 0. The summed E-state index contributed by atoms with van der Waals surface area (Å²) >= 11 is 0. The molecule has 1 nitrogen and oxygen atoms in total. The van der Waals surface area contributed by atoms with Crippen LogP contribution in [0.5, 0.6) is 0 Å². The highest BCUT2D eigenvalue weighted by atomic mass is 15.1. The number of unbranched alkanes of at least 4 members (excludes halogenated alkanes) is 20. The number of hydrogen-bond donors (Lipinski definition) is 0. The first kappa shape index (κ1) is 38.2. The van der Waals surface area contributed by atoms with Crippen LogP contribution in [0.15, 0.2) is 30.3 Å². The number of rotatable bonds is 31. The van der Waals surface area contributed by atoms with E-state index in [-0.39, 0.29) is 0 Å². The quantitative estimate of drug-likeness (QED) is 0.0804. The molecular weight excluding hydrogens is 494 g/mol. The Labute approximate surface area is 260 Å². The molecule has 0 saturated carbocycles. The standard InChI is InChI=1S/C40H75N/c1-38(2)30-24-19-15-11-7-5-9-13-17-21-28-35-41(37-34-40-32-26-23-27-33-40)36-29-22-18-14-10-6-8-12-16-20-25-31-39(3)4/h23,26-27,32-33,38-39H,5-22,24-25,28-31,34-37H2,1-4H3. The van der Waals surface area contributed by atoms with Gasteiger partial charge in [0.2, 0.25) is 0 Å². The molecule has 1 aromatic carbocycles. The third-order valence-electron chi connectivity index (χ3n) is 9.07. The molecule has 0 unspecified atom stereocenters. The summed E-state index contributed by atoms with van der Waals surface area (Å²) < 4.78 is 0. The summed E-state index contributed by atoms with van der Waals surface area (Å²) in [6, 6.07) is 11.1. The molecule has 1 rings (SSSR count). The van der Waals surface area contributed by atoms with Crippen molar-refractivity contribution in [2.45, 2.75) is 188 Å². The van der Waals surface area contributed by atoms with Gasteiger partial charge in [0, 0.05) is 6.54 Å². The van der Waals surface area contributed by atoms with Gasteiger partial charge in [0.1, 0.15) is 0 Å². The highest BCUT2D eigenvalue weighted by Gasteiger charge is 2.06. The first-order chi connectivity index (χ1) is 20.1. The predicted molar refractivity (Wildman–Crippen MR) is 187 cm³/mol. The van der Waals surface area contributed by atoms with Crippen molar-refractivity contribution in [3.05, 3.63) is 35.9 Å². The topological polar surface area (TPSA) is 3.24 Å². The maximum Gasteiger partial charge on any atom is 0.00218 e. The van der Waals surface area contributed by atoms with Gasteiger partial charge in [-0.25, -0.2) is 0 Å². The fraction of sp³-hybridized carbons (Fsp3) is 0.850. The third kappa shape index (κ3) is 27.7. The maximum atomic E-state index is 2.78. The second-order valence-corrected chi connectivity index (χ2v) is 14.2. The minimum atomic E-state index is 0.884. The molecule has 0 radical (unpaired) electrons. The van der Waals surface area contributed by atoms with Gasteiger partial charge in [0.05, 0.1) is 0 Å². The van der Waals surface area contributed by atoms with E-state index in [1.165, 1.54) is 186 Å². The fourth-order valence-electron chi connectivity index (χ4n) is 6.23. The van der Waals surface area contributed by atoms with Gasteiger partial charge in [-0.15, -0.1) is 0 Å². The van der Waals surface area contributed by atoms with Crippen molar-refractivity contribution in [1.82, 2.24) is 4.90 Å². The van der Waals surface area contributed by atoms with Crippen molar-refractivity contribution in [3.63, 3.8) is 0 Å². The van der Waals surface area contributed by atoms with Gasteiger partial charge >= 0.3 is 0 Å². The molecule has 41 heavy (non-hydrogen) atoms. The van der Waals surface area contributed by atoms with Crippen molar-refractivity contribution >= 4 is 0 Å². The van der Waals surface area contributed by atoms with Crippen LogP contribution in [0.3, 0.4) is 0 Å². The molecule has 0 aliphatic carbocycles. The molecule has 0 fully saturated rings. The molecule has 0 amide bonds. The van der Waals surface area contributed by atoms with Gasteiger partial charge in [-0.3, -0.25) is 0 Å². The number of hydrogen-bond acceptors (Lipinski definition) is 1. The maximum absolute atomic E-state index is 2.78. The number of nitrogens with zero attached hydrogens (tertiary/aromatic N) is 1. The smallest absolute Gasteiger partial charge is 0.00218 e. The van der Waals surface area contributed by atoms with E-state index in [0.717, 1.165) is 11.8 Å². The van der Waals surface area contributed by atoms with Gasteiger partial charge in [-0.2, -0.15) is 0 Å². The van der Waals surface area contributed by atoms with Gasteiger partial charge in [0.25, 0.3) is 0 Å². The van der Waals surface area contributed by atoms with E-state index >= 15 is 0 Å². The van der Waals surface area contributed by atoms with E-state index in [0.29, 0.717) is 0 Å². The lowest BCUT2D eigenvalue weighted by atomic mass is 10.0.